The van der Waals surface area contributed by atoms with Crippen LogP contribution in [-0.2, 0) is 14.8 Å². The second-order valence-electron chi connectivity index (χ2n) is 6.19. The van der Waals surface area contributed by atoms with E-state index in [1.165, 1.54) is 16.4 Å². The van der Waals surface area contributed by atoms with Crippen LogP contribution in [0.25, 0.3) is 0 Å². The molecule has 0 aliphatic rings. The number of rotatable bonds is 9. The van der Waals surface area contributed by atoms with Gasteiger partial charge in [0.1, 0.15) is 5.75 Å². The van der Waals surface area contributed by atoms with Crippen LogP contribution in [0, 0.1) is 0 Å². The summed E-state index contributed by atoms with van der Waals surface area (Å²) in [5.74, 6) is 0.177. The van der Waals surface area contributed by atoms with Gasteiger partial charge in [0, 0.05) is 17.6 Å². The maximum atomic E-state index is 12.5. The molecular weight excluding hydrogens is 444 g/mol. The zero-order valence-electron chi connectivity index (χ0n) is 16.2. The minimum absolute atomic E-state index is 0.152. The maximum Gasteiger partial charge on any atom is 0.258 e. The van der Waals surface area contributed by atoms with Crippen LogP contribution >= 0.6 is 15.9 Å². The zero-order chi connectivity index (χ0) is 20.7. The Kier molecular flexibility index (Phi) is 8.03. The molecule has 0 aromatic heterocycles. The lowest BCUT2D eigenvalue weighted by Gasteiger charge is -2.18. The third-order valence-corrected chi connectivity index (χ3v) is 6.82. The molecule has 0 bridgehead atoms. The van der Waals surface area contributed by atoms with Gasteiger partial charge in [-0.1, -0.05) is 41.9 Å². The highest BCUT2D eigenvalue weighted by molar-refractivity contribution is 9.10. The van der Waals surface area contributed by atoms with Crippen molar-refractivity contribution in [1.82, 2.24) is 9.62 Å². The summed E-state index contributed by atoms with van der Waals surface area (Å²) in [6.07, 6.45) is 0. The highest BCUT2D eigenvalue weighted by Gasteiger charge is 2.21. The summed E-state index contributed by atoms with van der Waals surface area (Å²) < 4.78 is 32.8. The van der Waals surface area contributed by atoms with Crippen LogP contribution in [0.15, 0.2) is 57.9 Å². The molecule has 1 N–H and O–H groups in total. The summed E-state index contributed by atoms with van der Waals surface area (Å²) in [5, 5.41) is 2.87. The van der Waals surface area contributed by atoms with Crippen LogP contribution in [0.2, 0.25) is 0 Å². The number of halogens is 1. The zero-order valence-corrected chi connectivity index (χ0v) is 18.6. The Hall–Kier alpha value is -1.90. The minimum Gasteiger partial charge on any atom is -0.484 e. The maximum absolute atomic E-state index is 12.5. The quantitative estimate of drug-likeness (QED) is 0.607. The van der Waals surface area contributed by atoms with E-state index in [0.29, 0.717) is 18.8 Å². The predicted molar refractivity (Wildman–Crippen MR) is 113 cm³/mol. The van der Waals surface area contributed by atoms with Crippen molar-refractivity contribution in [3.8, 4) is 5.75 Å². The molecule has 8 heteroatoms. The number of hydrogen-bond acceptors (Lipinski definition) is 4. The first-order chi connectivity index (χ1) is 13.3. The molecule has 0 saturated carbocycles. The van der Waals surface area contributed by atoms with Gasteiger partial charge in [-0.2, -0.15) is 4.31 Å². The van der Waals surface area contributed by atoms with E-state index < -0.39 is 10.0 Å². The van der Waals surface area contributed by atoms with Crippen LogP contribution in [-0.4, -0.2) is 38.3 Å². The molecule has 2 rings (SSSR count). The first-order valence-electron chi connectivity index (χ1n) is 9.05. The molecule has 0 aliphatic carbocycles. The predicted octanol–water partition coefficient (Wildman–Crippen LogP) is 3.74. The molecule has 6 nitrogen and oxygen atoms in total. The smallest absolute Gasteiger partial charge is 0.258 e. The third-order valence-electron chi connectivity index (χ3n) is 4.26. The van der Waals surface area contributed by atoms with E-state index >= 15 is 0 Å². The van der Waals surface area contributed by atoms with E-state index in [4.69, 9.17) is 4.74 Å². The molecule has 152 valence electrons. The first-order valence-corrected chi connectivity index (χ1v) is 11.3. The fourth-order valence-corrected chi connectivity index (χ4v) is 4.59. The molecule has 1 atom stereocenters. The van der Waals surface area contributed by atoms with Crippen molar-refractivity contribution < 1.29 is 17.9 Å². The number of benzene rings is 2. The van der Waals surface area contributed by atoms with E-state index in [2.05, 4.69) is 21.2 Å². The highest BCUT2D eigenvalue weighted by atomic mass is 79.9. The number of nitrogens with zero attached hydrogens (tertiary/aromatic N) is 1. The fourth-order valence-electron chi connectivity index (χ4n) is 2.71. The Morgan fingerprint density at radius 2 is 1.79 bits per heavy atom. The van der Waals surface area contributed by atoms with E-state index in [1.807, 2.05) is 31.2 Å². The van der Waals surface area contributed by atoms with Crippen LogP contribution in [0.4, 0.5) is 0 Å². The van der Waals surface area contributed by atoms with Crippen LogP contribution < -0.4 is 10.1 Å². The van der Waals surface area contributed by atoms with Crippen molar-refractivity contribution >= 4 is 31.9 Å². The van der Waals surface area contributed by atoms with Crippen molar-refractivity contribution in [2.75, 3.05) is 19.7 Å². The molecule has 0 heterocycles. The van der Waals surface area contributed by atoms with Gasteiger partial charge in [0.15, 0.2) is 6.61 Å². The Morgan fingerprint density at radius 1 is 1.14 bits per heavy atom. The second kappa shape index (κ2) is 10.0. The second-order valence-corrected chi connectivity index (χ2v) is 9.05. The van der Waals surface area contributed by atoms with Gasteiger partial charge in [0.2, 0.25) is 10.0 Å². The van der Waals surface area contributed by atoms with Crippen LogP contribution in [0.3, 0.4) is 0 Å². The van der Waals surface area contributed by atoms with Crippen molar-refractivity contribution in [3.63, 3.8) is 0 Å². The molecule has 2 aromatic carbocycles. The van der Waals surface area contributed by atoms with Gasteiger partial charge < -0.3 is 10.1 Å². The summed E-state index contributed by atoms with van der Waals surface area (Å²) >= 11 is 3.41. The Morgan fingerprint density at radius 3 is 2.36 bits per heavy atom. The van der Waals surface area contributed by atoms with E-state index in [1.54, 1.807) is 26.0 Å². The van der Waals surface area contributed by atoms with Gasteiger partial charge in [-0.25, -0.2) is 8.42 Å². The molecular formula is C20H25BrN2O4S. The van der Waals surface area contributed by atoms with Crippen molar-refractivity contribution in [3.05, 3.63) is 58.6 Å². The molecule has 0 fully saturated rings. The number of ether oxygens (including phenoxy) is 1. The molecule has 2 aromatic rings. The van der Waals surface area contributed by atoms with E-state index in [0.717, 1.165) is 10.0 Å². The molecule has 28 heavy (non-hydrogen) atoms. The molecule has 0 unspecified atom stereocenters. The van der Waals surface area contributed by atoms with Gasteiger partial charge in [-0.05, 0) is 48.9 Å². The van der Waals surface area contributed by atoms with Crippen LogP contribution in [0.1, 0.15) is 32.4 Å². The summed E-state index contributed by atoms with van der Waals surface area (Å²) in [4.78, 5) is 12.3. The molecule has 1 amide bonds. The van der Waals surface area contributed by atoms with Crippen molar-refractivity contribution in [2.24, 2.45) is 0 Å². The largest absolute Gasteiger partial charge is 0.484 e. The van der Waals surface area contributed by atoms with Crippen LogP contribution in [0.5, 0.6) is 5.75 Å². The molecule has 0 radical (unpaired) electrons. The van der Waals surface area contributed by atoms with E-state index in [9.17, 15) is 13.2 Å². The van der Waals surface area contributed by atoms with Gasteiger partial charge >= 0.3 is 0 Å². The monoisotopic (exact) mass is 468 g/mol. The summed E-state index contributed by atoms with van der Waals surface area (Å²) in [5.41, 5.74) is 0.980. The molecule has 0 spiro atoms. The van der Waals surface area contributed by atoms with E-state index in [-0.39, 0.29) is 23.5 Å². The first kappa shape index (κ1) is 22.4. The summed E-state index contributed by atoms with van der Waals surface area (Å²) in [6, 6.07) is 13.7. The Bertz CT molecular complexity index is 897. The number of amides is 1. The van der Waals surface area contributed by atoms with Crippen molar-refractivity contribution in [1.29, 1.82) is 0 Å². The fraction of sp³-hybridized carbons (Fsp3) is 0.350. The standard InChI is InChI=1S/C20H25BrN2O4S/c1-4-23(5-2)28(25,26)19-11-9-18(10-12-19)27-14-20(24)22-15(3)16-7-6-8-17(21)13-16/h6-13,15H,4-5,14H2,1-3H3,(H,22,24)/t15-/m0/s1. The van der Waals surface area contributed by atoms with Gasteiger partial charge in [0.25, 0.3) is 5.91 Å². The normalized spacial score (nSPS) is 12.6. The van der Waals surface area contributed by atoms with Gasteiger partial charge in [-0.15, -0.1) is 0 Å². The average Bonchev–Trinajstić information content (AvgIpc) is 2.67. The Balaban J connectivity index is 1.93. The molecule has 0 aliphatic heterocycles. The lowest BCUT2D eigenvalue weighted by atomic mass is 10.1. The Labute approximate surface area is 175 Å². The number of hydrogen-bond donors (Lipinski definition) is 1. The summed E-state index contributed by atoms with van der Waals surface area (Å²) in [6.45, 7) is 6.16. The summed E-state index contributed by atoms with van der Waals surface area (Å²) in [7, 11) is -3.50. The lowest BCUT2D eigenvalue weighted by Crippen LogP contribution is -2.31. The average molecular weight is 469 g/mol. The van der Waals surface area contributed by atoms with Gasteiger partial charge in [-0.3, -0.25) is 4.79 Å². The number of nitrogens with one attached hydrogen (secondary N) is 1. The minimum atomic E-state index is -3.50. The lowest BCUT2D eigenvalue weighted by molar-refractivity contribution is -0.123. The SMILES string of the molecule is CCN(CC)S(=O)(=O)c1ccc(OCC(=O)N[C@@H](C)c2cccc(Br)c2)cc1. The van der Waals surface area contributed by atoms with Crippen molar-refractivity contribution in [2.45, 2.75) is 31.7 Å². The molecule has 0 saturated heterocycles. The topological polar surface area (TPSA) is 75.7 Å². The van der Waals surface area contributed by atoms with Gasteiger partial charge in [0.05, 0.1) is 10.9 Å². The third kappa shape index (κ3) is 5.80. The highest BCUT2D eigenvalue weighted by Crippen LogP contribution is 2.20. The number of sulfonamides is 1. The number of carbonyl (C=O) groups excluding carboxylic acids is 1. The number of carbonyl (C=O) groups is 1.